The summed E-state index contributed by atoms with van der Waals surface area (Å²) in [6.07, 6.45) is 7.69. The Morgan fingerprint density at radius 2 is 2.23 bits per heavy atom. The molecule has 0 aromatic carbocycles. The van der Waals surface area contributed by atoms with Gasteiger partial charge in [0.25, 0.3) is 0 Å². The molecule has 22 heavy (non-hydrogen) atoms. The van der Waals surface area contributed by atoms with E-state index < -0.39 is 0 Å². The van der Waals surface area contributed by atoms with Crippen molar-refractivity contribution in [3.05, 3.63) is 24.0 Å². The average molecular weight is 302 g/mol. The number of rotatable bonds is 6. The highest BCUT2D eigenvalue weighted by atomic mass is 16.5. The number of nitrogens with zero attached hydrogens (tertiary/aromatic N) is 4. The second kappa shape index (κ2) is 7.09. The Morgan fingerprint density at radius 3 is 3.05 bits per heavy atom. The number of anilines is 1. The molecule has 0 aliphatic carbocycles. The molecule has 0 bridgehead atoms. The Labute approximate surface area is 132 Å². The van der Waals surface area contributed by atoms with Crippen LogP contribution < -0.4 is 4.90 Å². The molecule has 0 spiro atoms. The van der Waals surface area contributed by atoms with Gasteiger partial charge in [-0.15, -0.1) is 0 Å². The second-order valence-electron chi connectivity index (χ2n) is 6.04. The molecule has 0 N–H and O–H groups in total. The van der Waals surface area contributed by atoms with Crippen LogP contribution in [-0.2, 0) is 11.2 Å². The fourth-order valence-electron chi connectivity index (χ4n) is 3.12. The summed E-state index contributed by atoms with van der Waals surface area (Å²) < 4.78 is 7.93. The smallest absolute Gasteiger partial charge is 0.157 e. The van der Waals surface area contributed by atoms with E-state index in [0.717, 1.165) is 62.5 Å². The molecule has 2 aromatic heterocycles. The van der Waals surface area contributed by atoms with Crippen molar-refractivity contribution in [3.63, 3.8) is 0 Å². The van der Waals surface area contributed by atoms with Crippen LogP contribution in [0, 0.1) is 0 Å². The van der Waals surface area contributed by atoms with Gasteiger partial charge in [0.1, 0.15) is 5.82 Å². The summed E-state index contributed by atoms with van der Waals surface area (Å²) in [7, 11) is 0. The first-order chi connectivity index (χ1) is 10.8. The highest BCUT2D eigenvalue weighted by Gasteiger charge is 2.23. The molecule has 120 valence electrons. The van der Waals surface area contributed by atoms with Crippen molar-refractivity contribution < 1.29 is 4.74 Å². The normalized spacial score (nSPS) is 19.0. The summed E-state index contributed by atoms with van der Waals surface area (Å²) in [5, 5.41) is 4.45. The fraction of sp³-hybridized carbons (Fsp3) is 0.647. The molecule has 1 aliphatic rings. The molecule has 5 nitrogen and oxygen atoms in total. The highest BCUT2D eigenvalue weighted by Crippen LogP contribution is 2.23. The number of fused-ring (bicyclic) bond motifs is 1. The Hall–Kier alpha value is -1.62. The van der Waals surface area contributed by atoms with Crippen LogP contribution in [0.15, 0.2) is 18.3 Å². The van der Waals surface area contributed by atoms with E-state index in [2.05, 4.69) is 29.9 Å². The van der Waals surface area contributed by atoms with Gasteiger partial charge in [-0.3, -0.25) is 0 Å². The first-order valence-corrected chi connectivity index (χ1v) is 8.52. The average Bonchev–Trinajstić information content (AvgIpc) is 3.01. The number of aryl methyl sites for hydroxylation is 1. The number of ether oxygens (including phenoxy) is 1. The zero-order valence-corrected chi connectivity index (χ0v) is 13.7. The van der Waals surface area contributed by atoms with E-state index >= 15 is 0 Å². The van der Waals surface area contributed by atoms with Crippen molar-refractivity contribution in [2.75, 3.05) is 24.6 Å². The van der Waals surface area contributed by atoms with Gasteiger partial charge in [-0.25, -0.2) is 4.98 Å². The van der Waals surface area contributed by atoms with Gasteiger partial charge in [0.05, 0.1) is 12.3 Å². The van der Waals surface area contributed by atoms with Crippen LogP contribution >= 0.6 is 0 Å². The highest BCUT2D eigenvalue weighted by molar-refractivity contribution is 5.51. The summed E-state index contributed by atoms with van der Waals surface area (Å²) in [5.74, 6) is 1.16. The van der Waals surface area contributed by atoms with Crippen LogP contribution in [0.1, 0.15) is 45.2 Å². The van der Waals surface area contributed by atoms with Crippen LogP contribution in [0.4, 0.5) is 5.82 Å². The maximum atomic E-state index is 5.97. The monoisotopic (exact) mass is 302 g/mol. The number of aromatic nitrogens is 3. The summed E-state index contributed by atoms with van der Waals surface area (Å²) in [6, 6.07) is 4.18. The summed E-state index contributed by atoms with van der Waals surface area (Å²) in [4.78, 5) is 7.10. The topological polar surface area (TPSA) is 42.7 Å². The van der Waals surface area contributed by atoms with Crippen molar-refractivity contribution in [3.8, 4) is 0 Å². The number of piperidine rings is 1. The fourth-order valence-corrected chi connectivity index (χ4v) is 3.12. The van der Waals surface area contributed by atoms with E-state index in [1.165, 1.54) is 6.42 Å². The molecule has 1 atom stereocenters. The Balaban J connectivity index is 1.86. The van der Waals surface area contributed by atoms with Gasteiger partial charge in [0.15, 0.2) is 5.65 Å². The van der Waals surface area contributed by atoms with Gasteiger partial charge in [-0.05, 0) is 25.7 Å². The molecule has 1 saturated heterocycles. The summed E-state index contributed by atoms with van der Waals surface area (Å²) >= 11 is 0. The van der Waals surface area contributed by atoms with Gasteiger partial charge in [-0.2, -0.15) is 9.61 Å². The van der Waals surface area contributed by atoms with Crippen LogP contribution in [0.2, 0.25) is 0 Å². The predicted molar refractivity (Wildman–Crippen MR) is 88.5 cm³/mol. The third-order valence-electron chi connectivity index (χ3n) is 4.16. The molecule has 3 heterocycles. The van der Waals surface area contributed by atoms with Crippen molar-refractivity contribution in [2.45, 2.75) is 52.1 Å². The molecule has 0 amide bonds. The van der Waals surface area contributed by atoms with Crippen LogP contribution in [0.3, 0.4) is 0 Å². The van der Waals surface area contributed by atoms with E-state index in [4.69, 9.17) is 9.72 Å². The Bertz CT molecular complexity index is 610. The molecule has 0 unspecified atom stereocenters. The van der Waals surface area contributed by atoms with Crippen LogP contribution in [0.5, 0.6) is 0 Å². The maximum Gasteiger partial charge on any atom is 0.157 e. The van der Waals surface area contributed by atoms with Gasteiger partial charge in [-0.1, -0.05) is 20.3 Å². The van der Waals surface area contributed by atoms with Gasteiger partial charge in [0.2, 0.25) is 0 Å². The van der Waals surface area contributed by atoms with E-state index in [1.54, 1.807) is 0 Å². The minimum Gasteiger partial charge on any atom is -0.376 e. The lowest BCUT2D eigenvalue weighted by atomic mass is 10.1. The lowest BCUT2D eigenvalue weighted by Gasteiger charge is -2.34. The summed E-state index contributed by atoms with van der Waals surface area (Å²) in [5.41, 5.74) is 2.10. The van der Waals surface area contributed by atoms with Crippen molar-refractivity contribution in [1.82, 2.24) is 14.6 Å². The first-order valence-electron chi connectivity index (χ1n) is 8.52. The van der Waals surface area contributed by atoms with E-state index in [1.807, 2.05) is 16.8 Å². The first kappa shape index (κ1) is 15.3. The van der Waals surface area contributed by atoms with Crippen molar-refractivity contribution in [1.29, 1.82) is 0 Å². The van der Waals surface area contributed by atoms with Crippen molar-refractivity contribution >= 4 is 11.5 Å². The third-order valence-corrected chi connectivity index (χ3v) is 4.16. The van der Waals surface area contributed by atoms with E-state index in [-0.39, 0.29) is 0 Å². The molecule has 0 radical (unpaired) electrons. The van der Waals surface area contributed by atoms with Crippen LogP contribution in [-0.4, -0.2) is 40.4 Å². The number of hydrogen-bond acceptors (Lipinski definition) is 4. The molecular weight excluding hydrogens is 276 g/mol. The second-order valence-corrected chi connectivity index (χ2v) is 6.04. The molecular formula is C17H26N4O. The van der Waals surface area contributed by atoms with E-state index in [9.17, 15) is 0 Å². The molecule has 0 saturated carbocycles. The zero-order valence-electron chi connectivity index (χ0n) is 13.7. The van der Waals surface area contributed by atoms with Crippen LogP contribution in [0.25, 0.3) is 5.65 Å². The molecule has 3 rings (SSSR count). The molecule has 1 fully saturated rings. The Morgan fingerprint density at radius 1 is 1.32 bits per heavy atom. The quantitative estimate of drug-likeness (QED) is 0.822. The minimum absolute atomic E-state index is 0.335. The largest absolute Gasteiger partial charge is 0.376 e. The maximum absolute atomic E-state index is 5.97. The molecule has 2 aromatic rings. The van der Waals surface area contributed by atoms with Crippen molar-refractivity contribution in [2.24, 2.45) is 0 Å². The lowest BCUT2D eigenvalue weighted by molar-refractivity contribution is 0.0438. The summed E-state index contributed by atoms with van der Waals surface area (Å²) in [6.45, 7) is 7.22. The SMILES string of the molecule is CCCO[C@H]1CCCN(c2cc(CCC)nc3ccnn23)C1. The molecule has 1 aliphatic heterocycles. The van der Waals surface area contributed by atoms with Gasteiger partial charge in [0, 0.05) is 37.5 Å². The van der Waals surface area contributed by atoms with Gasteiger partial charge < -0.3 is 9.64 Å². The zero-order chi connectivity index (χ0) is 15.4. The third kappa shape index (κ3) is 3.24. The lowest BCUT2D eigenvalue weighted by Crippen LogP contribution is -2.41. The minimum atomic E-state index is 0.335. The predicted octanol–water partition coefficient (Wildman–Crippen LogP) is 3.08. The standard InChI is InChI=1S/C17H26N4O/c1-3-6-14-12-17(21-16(19-14)8-9-18-21)20-10-5-7-15(13-20)22-11-4-2/h8-9,12,15H,3-7,10-11,13H2,1-2H3/t15-/m0/s1. The Kier molecular flexibility index (Phi) is 4.93. The number of hydrogen-bond donors (Lipinski definition) is 0. The molecule has 5 heteroatoms. The van der Waals surface area contributed by atoms with Gasteiger partial charge >= 0.3 is 0 Å². The van der Waals surface area contributed by atoms with E-state index in [0.29, 0.717) is 6.10 Å².